The van der Waals surface area contributed by atoms with Gasteiger partial charge in [0.25, 0.3) is 0 Å². The van der Waals surface area contributed by atoms with Crippen molar-refractivity contribution in [3.63, 3.8) is 0 Å². The van der Waals surface area contributed by atoms with Gasteiger partial charge in [-0.25, -0.2) is 0 Å². The average molecular weight is 383 g/mol. The van der Waals surface area contributed by atoms with Gasteiger partial charge in [0.2, 0.25) is 0 Å². The first-order valence-electron chi connectivity index (χ1n) is 7.66. The van der Waals surface area contributed by atoms with Crippen LogP contribution < -0.4 is 10.3 Å². The normalized spacial score (nSPS) is 11.2. The fourth-order valence-electron chi connectivity index (χ4n) is 2.46. The Morgan fingerprint density at radius 2 is 1.83 bits per heavy atom. The Bertz CT molecular complexity index is 886. The minimum atomic E-state index is 0.944. The highest BCUT2D eigenvalue weighted by molar-refractivity contribution is 9.10. The van der Waals surface area contributed by atoms with E-state index in [1.807, 2.05) is 63.6 Å². The van der Waals surface area contributed by atoms with Crippen LogP contribution in [-0.4, -0.2) is 25.3 Å². The van der Waals surface area contributed by atoms with Crippen LogP contribution in [0.3, 0.4) is 0 Å². The number of nitrogens with zero attached hydrogens (tertiary/aromatic N) is 3. The Balaban J connectivity index is 1.83. The number of benzene rings is 2. The topological polar surface area (TPSA) is 40.5 Å². The van der Waals surface area contributed by atoms with Crippen molar-refractivity contribution in [1.82, 2.24) is 4.98 Å². The zero-order valence-electron chi connectivity index (χ0n) is 13.9. The largest absolute Gasteiger partial charge is 0.378 e. The summed E-state index contributed by atoms with van der Waals surface area (Å²) in [5, 5.41) is 5.41. The Kier molecular flexibility index (Phi) is 4.81. The van der Waals surface area contributed by atoms with E-state index in [2.05, 4.69) is 48.5 Å². The Labute approximate surface area is 150 Å². The van der Waals surface area contributed by atoms with Crippen LogP contribution in [0.2, 0.25) is 0 Å². The van der Waals surface area contributed by atoms with E-state index in [1.165, 1.54) is 5.69 Å². The first-order chi connectivity index (χ1) is 11.5. The van der Waals surface area contributed by atoms with Crippen molar-refractivity contribution in [2.24, 2.45) is 5.10 Å². The second-order valence-electron chi connectivity index (χ2n) is 5.83. The maximum atomic E-state index is 4.55. The van der Waals surface area contributed by atoms with Gasteiger partial charge in [-0.15, -0.1) is 0 Å². The summed E-state index contributed by atoms with van der Waals surface area (Å²) in [6.07, 6.45) is 1.82. The van der Waals surface area contributed by atoms with Gasteiger partial charge in [-0.3, -0.25) is 10.4 Å². The van der Waals surface area contributed by atoms with Crippen LogP contribution in [0.4, 0.5) is 11.4 Å². The minimum Gasteiger partial charge on any atom is -0.378 e. The summed E-state index contributed by atoms with van der Waals surface area (Å²) >= 11 is 3.51. The van der Waals surface area contributed by atoms with Crippen LogP contribution in [0.1, 0.15) is 11.3 Å². The second kappa shape index (κ2) is 7.01. The molecule has 0 bridgehead atoms. The molecular formula is C19H19BrN4. The number of aromatic nitrogens is 1. The Morgan fingerprint density at radius 1 is 1.08 bits per heavy atom. The third-order valence-corrected chi connectivity index (χ3v) is 4.20. The highest BCUT2D eigenvalue weighted by atomic mass is 79.9. The molecule has 0 amide bonds. The van der Waals surface area contributed by atoms with Crippen LogP contribution in [-0.2, 0) is 0 Å². The van der Waals surface area contributed by atoms with E-state index < -0.39 is 0 Å². The number of pyridine rings is 1. The van der Waals surface area contributed by atoms with Gasteiger partial charge >= 0.3 is 0 Å². The first-order valence-corrected chi connectivity index (χ1v) is 8.45. The number of nitrogens with one attached hydrogen (secondary N) is 1. The lowest BCUT2D eigenvalue weighted by Crippen LogP contribution is -2.08. The minimum absolute atomic E-state index is 0.944. The summed E-state index contributed by atoms with van der Waals surface area (Å²) in [5.41, 5.74) is 8.20. The maximum Gasteiger partial charge on any atom is 0.0727 e. The first kappa shape index (κ1) is 16.5. The van der Waals surface area contributed by atoms with E-state index >= 15 is 0 Å². The Hall–Kier alpha value is -2.40. The van der Waals surface area contributed by atoms with Crippen molar-refractivity contribution >= 4 is 44.4 Å². The molecule has 4 nitrogen and oxygen atoms in total. The summed E-state index contributed by atoms with van der Waals surface area (Å²) in [6.45, 7) is 1.98. The average Bonchev–Trinajstić information content (AvgIpc) is 2.56. The van der Waals surface area contributed by atoms with E-state index in [1.54, 1.807) is 0 Å². The molecule has 0 atom stereocenters. The van der Waals surface area contributed by atoms with Crippen LogP contribution in [0.15, 0.2) is 58.1 Å². The predicted molar refractivity (Wildman–Crippen MR) is 106 cm³/mol. The van der Waals surface area contributed by atoms with Gasteiger partial charge in [-0.1, -0.05) is 28.1 Å². The molecule has 0 spiro atoms. The molecular weight excluding hydrogens is 364 g/mol. The van der Waals surface area contributed by atoms with E-state index in [0.717, 1.165) is 32.3 Å². The molecule has 3 rings (SSSR count). The lowest BCUT2D eigenvalue weighted by Gasteiger charge is -2.11. The number of hydrogen-bond acceptors (Lipinski definition) is 4. The maximum absolute atomic E-state index is 4.55. The van der Waals surface area contributed by atoms with Gasteiger partial charge in [0.15, 0.2) is 0 Å². The van der Waals surface area contributed by atoms with Gasteiger partial charge in [0.05, 0.1) is 17.4 Å². The molecule has 2 aromatic carbocycles. The molecule has 0 aliphatic carbocycles. The van der Waals surface area contributed by atoms with E-state index in [9.17, 15) is 0 Å². The van der Waals surface area contributed by atoms with Crippen LogP contribution in [0, 0.1) is 6.92 Å². The quantitative estimate of drug-likeness (QED) is 0.519. The fourth-order valence-corrected chi connectivity index (χ4v) is 2.82. The summed E-state index contributed by atoms with van der Waals surface area (Å²) < 4.78 is 1.02. The van der Waals surface area contributed by atoms with E-state index in [0.29, 0.717) is 0 Å². The number of hydrogen-bond donors (Lipinski definition) is 1. The van der Waals surface area contributed by atoms with E-state index in [4.69, 9.17) is 0 Å². The zero-order chi connectivity index (χ0) is 17.1. The molecule has 0 fully saturated rings. The smallest absolute Gasteiger partial charge is 0.0727 e. The molecule has 1 N–H and O–H groups in total. The molecule has 5 heteroatoms. The van der Waals surface area contributed by atoms with Crippen molar-refractivity contribution < 1.29 is 0 Å². The van der Waals surface area contributed by atoms with Crippen molar-refractivity contribution in [1.29, 1.82) is 0 Å². The lowest BCUT2D eigenvalue weighted by molar-refractivity contribution is 1.13. The molecule has 122 valence electrons. The van der Waals surface area contributed by atoms with Gasteiger partial charge in [-0.2, -0.15) is 5.10 Å². The van der Waals surface area contributed by atoms with Crippen molar-refractivity contribution in [3.05, 3.63) is 64.3 Å². The molecule has 0 aliphatic rings. The Morgan fingerprint density at radius 3 is 2.54 bits per heavy atom. The number of aryl methyl sites for hydroxylation is 1. The number of fused-ring (bicyclic) bond motifs is 1. The van der Waals surface area contributed by atoms with Crippen LogP contribution in [0.25, 0.3) is 10.9 Å². The van der Waals surface area contributed by atoms with Crippen molar-refractivity contribution in [2.75, 3.05) is 24.4 Å². The molecule has 1 heterocycles. The molecule has 0 saturated heterocycles. The summed E-state index contributed by atoms with van der Waals surface area (Å²) in [7, 11) is 4.05. The predicted octanol–water partition coefficient (Wildman–Crippen LogP) is 4.82. The summed E-state index contributed by atoms with van der Waals surface area (Å²) in [5.74, 6) is 0. The van der Waals surface area contributed by atoms with Crippen molar-refractivity contribution in [3.8, 4) is 0 Å². The summed E-state index contributed by atoms with van der Waals surface area (Å²) in [4.78, 5) is 6.62. The van der Waals surface area contributed by atoms with Gasteiger partial charge in [0, 0.05) is 35.3 Å². The van der Waals surface area contributed by atoms with Gasteiger partial charge < -0.3 is 4.90 Å². The lowest BCUT2D eigenvalue weighted by atomic mass is 10.1. The number of hydrazone groups is 1. The van der Waals surface area contributed by atoms with Gasteiger partial charge in [0.1, 0.15) is 0 Å². The third kappa shape index (κ3) is 3.74. The van der Waals surface area contributed by atoms with Crippen molar-refractivity contribution in [2.45, 2.75) is 6.92 Å². The molecule has 0 radical (unpaired) electrons. The third-order valence-electron chi connectivity index (χ3n) is 3.71. The number of halogens is 1. The second-order valence-corrected chi connectivity index (χ2v) is 6.74. The number of anilines is 2. The van der Waals surface area contributed by atoms with Gasteiger partial charge in [-0.05, 0) is 48.9 Å². The van der Waals surface area contributed by atoms with Crippen LogP contribution in [0.5, 0.6) is 0 Å². The standard InChI is InChI=1S/C19H19BrN4/c1-13-10-19(17-11-15(20)6-9-18(17)22-13)23-21-12-14-4-7-16(8-5-14)24(2)3/h4-12H,1-3H3,(H,22,23). The SMILES string of the molecule is Cc1cc(NN=Cc2ccc(N(C)C)cc2)c2cc(Br)ccc2n1. The van der Waals surface area contributed by atoms with Crippen LogP contribution >= 0.6 is 15.9 Å². The highest BCUT2D eigenvalue weighted by Crippen LogP contribution is 2.26. The van der Waals surface area contributed by atoms with E-state index in [-0.39, 0.29) is 0 Å². The molecule has 3 aromatic rings. The molecule has 1 aromatic heterocycles. The molecule has 24 heavy (non-hydrogen) atoms. The molecule has 0 aliphatic heterocycles. The monoisotopic (exact) mass is 382 g/mol. The zero-order valence-corrected chi connectivity index (χ0v) is 15.5. The molecule has 0 unspecified atom stereocenters. The fraction of sp³-hybridized carbons (Fsp3) is 0.158. The summed E-state index contributed by atoms with van der Waals surface area (Å²) in [6, 6.07) is 16.3. The number of rotatable bonds is 4. The highest BCUT2D eigenvalue weighted by Gasteiger charge is 2.04. The molecule has 0 saturated carbocycles.